The Bertz CT molecular complexity index is 792. The normalized spacial score (nSPS) is 10.7. The van der Waals surface area contributed by atoms with Gasteiger partial charge in [0.1, 0.15) is 11.3 Å². The van der Waals surface area contributed by atoms with E-state index in [0.717, 1.165) is 5.56 Å². The third-order valence-corrected chi connectivity index (χ3v) is 3.71. The van der Waals surface area contributed by atoms with Crippen LogP contribution in [-0.4, -0.2) is 17.6 Å². The summed E-state index contributed by atoms with van der Waals surface area (Å²) in [5, 5.41) is 7.48. The van der Waals surface area contributed by atoms with Gasteiger partial charge in [0.2, 0.25) is 0 Å². The summed E-state index contributed by atoms with van der Waals surface area (Å²) in [6.45, 7) is 2.20. The first-order valence-electron chi connectivity index (χ1n) is 7.18. The van der Waals surface area contributed by atoms with E-state index in [4.69, 9.17) is 20.5 Å². The van der Waals surface area contributed by atoms with Gasteiger partial charge in [0.15, 0.2) is 11.5 Å². The van der Waals surface area contributed by atoms with Crippen molar-refractivity contribution >= 4 is 17.5 Å². The first kappa shape index (κ1) is 15.4. The molecule has 1 aromatic carbocycles. The van der Waals surface area contributed by atoms with E-state index in [1.54, 1.807) is 19.1 Å². The Labute approximate surface area is 138 Å². The second-order valence-corrected chi connectivity index (χ2v) is 5.51. The van der Waals surface area contributed by atoms with Crippen molar-refractivity contribution in [3.8, 4) is 11.5 Å². The summed E-state index contributed by atoms with van der Waals surface area (Å²) in [7, 11) is 0. The van der Waals surface area contributed by atoms with E-state index >= 15 is 0 Å². The van der Waals surface area contributed by atoms with Gasteiger partial charge in [-0.1, -0.05) is 28.9 Å². The number of benzene rings is 1. The summed E-state index contributed by atoms with van der Waals surface area (Å²) in [4.78, 5) is 12.4. The summed E-state index contributed by atoms with van der Waals surface area (Å²) in [6, 6.07) is 11.0. The van der Waals surface area contributed by atoms with Crippen LogP contribution in [0.25, 0.3) is 11.5 Å². The molecule has 1 N–H and O–H groups in total. The Kier molecular flexibility index (Phi) is 4.48. The van der Waals surface area contributed by atoms with Gasteiger partial charge in [-0.05, 0) is 43.2 Å². The molecule has 0 aliphatic carbocycles. The SMILES string of the molecule is Cc1onc(-c2ccco2)c1C(=O)NCCc1ccc(Cl)cc1. The maximum atomic E-state index is 12.4. The van der Waals surface area contributed by atoms with Gasteiger partial charge in [-0.2, -0.15) is 0 Å². The zero-order chi connectivity index (χ0) is 16.2. The van der Waals surface area contributed by atoms with Crippen molar-refractivity contribution < 1.29 is 13.7 Å². The highest BCUT2D eigenvalue weighted by Crippen LogP contribution is 2.25. The topological polar surface area (TPSA) is 68.3 Å². The minimum Gasteiger partial charge on any atom is -0.463 e. The Morgan fingerprint density at radius 2 is 2.04 bits per heavy atom. The lowest BCUT2D eigenvalue weighted by atomic mass is 10.1. The van der Waals surface area contributed by atoms with Gasteiger partial charge < -0.3 is 14.3 Å². The molecule has 0 bridgehead atoms. The van der Waals surface area contributed by atoms with Crippen molar-refractivity contribution in [3.63, 3.8) is 0 Å². The summed E-state index contributed by atoms with van der Waals surface area (Å²) < 4.78 is 10.4. The number of nitrogens with one attached hydrogen (secondary N) is 1. The van der Waals surface area contributed by atoms with Gasteiger partial charge in [0.05, 0.1) is 6.26 Å². The zero-order valence-corrected chi connectivity index (χ0v) is 13.3. The second kappa shape index (κ2) is 6.71. The Morgan fingerprint density at radius 3 is 2.74 bits per heavy atom. The number of furan rings is 1. The molecule has 0 unspecified atom stereocenters. The number of hydrogen-bond donors (Lipinski definition) is 1. The number of rotatable bonds is 5. The van der Waals surface area contributed by atoms with Crippen LogP contribution >= 0.6 is 11.6 Å². The molecule has 3 aromatic rings. The highest BCUT2D eigenvalue weighted by Gasteiger charge is 2.22. The van der Waals surface area contributed by atoms with Gasteiger partial charge in [-0.3, -0.25) is 4.79 Å². The van der Waals surface area contributed by atoms with Crippen LogP contribution < -0.4 is 5.32 Å². The highest BCUT2D eigenvalue weighted by atomic mass is 35.5. The molecule has 0 saturated carbocycles. The van der Waals surface area contributed by atoms with Crippen LogP contribution in [0.5, 0.6) is 0 Å². The monoisotopic (exact) mass is 330 g/mol. The van der Waals surface area contributed by atoms with Crippen molar-refractivity contribution in [2.24, 2.45) is 0 Å². The predicted molar refractivity (Wildman–Crippen MR) is 86.4 cm³/mol. The molecule has 0 spiro atoms. The number of halogens is 1. The Morgan fingerprint density at radius 1 is 1.26 bits per heavy atom. The number of carbonyl (C=O) groups excluding carboxylic acids is 1. The average molecular weight is 331 g/mol. The lowest BCUT2D eigenvalue weighted by molar-refractivity contribution is 0.0953. The van der Waals surface area contributed by atoms with Crippen LogP contribution in [0.4, 0.5) is 0 Å². The number of carbonyl (C=O) groups is 1. The first-order chi connectivity index (χ1) is 11.1. The van der Waals surface area contributed by atoms with Crippen LogP contribution in [-0.2, 0) is 6.42 Å². The van der Waals surface area contributed by atoms with Crippen molar-refractivity contribution in [1.29, 1.82) is 0 Å². The average Bonchev–Trinajstić information content (AvgIpc) is 3.18. The second-order valence-electron chi connectivity index (χ2n) is 5.07. The molecule has 2 aromatic heterocycles. The van der Waals surface area contributed by atoms with Gasteiger partial charge in [-0.15, -0.1) is 0 Å². The third-order valence-electron chi connectivity index (χ3n) is 3.46. The molecule has 0 atom stereocenters. The summed E-state index contributed by atoms with van der Waals surface area (Å²) in [5.74, 6) is 0.731. The van der Waals surface area contributed by atoms with Crippen molar-refractivity contribution in [3.05, 3.63) is 64.6 Å². The molecule has 1 amide bonds. The number of hydrogen-bond acceptors (Lipinski definition) is 4. The lowest BCUT2D eigenvalue weighted by Crippen LogP contribution is -2.26. The van der Waals surface area contributed by atoms with Crippen LogP contribution in [0.15, 0.2) is 51.6 Å². The molecule has 118 valence electrons. The minimum absolute atomic E-state index is 0.232. The quantitative estimate of drug-likeness (QED) is 0.771. The third kappa shape index (κ3) is 3.46. The minimum atomic E-state index is -0.232. The first-order valence-corrected chi connectivity index (χ1v) is 7.56. The van der Waals surface area contributed by atoms with Crippen molar-refractivity contribution in [1.82, 2.24) is 10.5 Å². The van der Waals surface area contributed by atoms with Crippen LogP contribution in [0, 0.1) is 6.92 Å². The maximum absolute atomic E-state index is 12.4. The predicted octanol–water partition coefficient (Wildman–Crippen LogP) is 3.87. The maximum Gasteiger partial charge on any atom is 0.257 e. The van der Waals surface area contributed by atoms with E-state index in [1.807, 2.05) is 24.3 Å². The van der Waals surface area contributed by atoms with E-state index in [2.05, 4.69) is 10.5 Å². The van der Waals surface area contributed by atoms with Crippen molar-refractivity contribution in [2.45, 2.75) is 13.3 Å². The van der Waals surface area contributed by atoms with Gasteiger partial charge in [0, 0.05) is 11.6 Å². The lowest BCUT2D eigenvalue weighted by Gasteiger charge is -2.05. The highest BCUT2D eigenvalue weighted by molar-refractivity contribution is 6.30. The molecule has 5 nitrogen and oxygen atoms in total. The van der Waals surface area contributed by atoms with E-state index < -0.39 is 0 Å². The Balaban J connectivity index is 1.67. The number of nitrogens with zero attached hydrogens (tertiary/aromatic N) is 1. The van der Waals surface area contributed by atoms with Gasteiger partial charge in [0.25, 0.3) is 5.91 Å². The molecule has 0 fully saturated rings. The number of amides is 1. The van der Waals surface area contributed by atoms with Gasteiger partial charge >= 0.3 is 0 Å². The molecule has 6 heteroatoms. The van der Waals surface area contributed by atoms with Crippen molar-refractivity contribution in [2.75, 3.05) is 6.54 Å². The Hall–Kier alpha value is -2.53. The molecule has 2 heterocycles. The molecule has 0 radical (unpaired) electrons. The van der Waals surface area contributed by atoms with Gasteiger partial charge in [-0.25, -0.2) is 0 Å². The molecule has 3 rings (SSSR count). The molecular weight excluding hydrogens is 316 g/mol. The fraction of sp³-hybridized carbons (Fsp3) is 0.176. The van der Waals surface area contributed by atoms with Crippen LogP contribution in [0.3, 0.4) is 0 Å². The molecule has 0 aliphatic heterocycles. The summed E-state index contributed by atoms with van der Waals surface area (Å²) in [5.41, 5.74) is 1.91. The van der Waals surface area contributed by atoms with E-state index in [9.17, 15) is 4.79 Å². The fourth-order valence-corrected chi connectivity index (χ4v) is 2.41. The smallest absolute Gasteiger partial charge is 0.257 e. The molecule has 0 saturated heterocycles. The number of aromatic nitrogens is 1. The van der Waals surface area contributed by atoms with E-state index in [1.165, 1.54) is 6.26 Å². The van der Waals surface area contributed by atoms with E-state index in [-0.39, 0.29) is 5.91 Å². The molecule has 0 aliphatic rings. The number of aryl methyl sites for hydroxylation is 1. The summed E-state index contributed by atoms with van der Waals surface area (Å²) >= 11 is 5.85. The summed E-state index contributed by atoms with van der Waals surface area (Å²) in [6.07, 6.45) is 2.24. The van der Waals surface area contributed by atoms with Crippen LogP contribution in [0.2, 0.25) is 5.02 Å². The van der Waals surface area contributed by atoms with Crippen LogP contribution in [0.1, 0.15) is 21.7 Å². The standard InChI is InChI=1S/C17H15ClN2O3/c1-11-15(16(20-23-11)14-3-2-10-22-14)17(21)19-9-8-12-4-6-13(18)7-5-12/h2-7,10H,8-9H2,1H3,(H,19,21). The largest absolute Gasteiger partial charge is 0.463 e. The molecule has 23 heavy (non-hydrogen) atoms. The fourth-order valence-electron chi connectivity index (χ4n) is 2.28. The zero-order valence-electron chi connectivity index (χ0n) is 12.5. The molecular formula is C17H15ClN2O3. The van der Waals surface area contributed by atoms with E-state index in [0.29, 0.717) is 40.8 Å².